The Morgan fingerprint density at radius 3 is 2.43 bits per heavy atom. The molecule has 0 aliphatic carbocycles. The fourth-order valence-electron chi connectivity index (χ4n) is 4.73. The van der Waals surface area contributed by atoms with Gasteiger partial charge in [0, 0.05) is 25.2 Å². The smallest absolute Gasteiger partial charge is 0.270 e. The number of carbonyl (C=O) groups is 1. The Kier molecular flexibility index (Phi) is 8.09. The van der Waals surface area contributed by atoms with Crippen molar-refractivity contribution in [2.45, 2.75) is 59.0 Å². The lowest BCUT2D eigenvalue weighted by molar-refractivity contribution is -0.122. The average molecular weight is 507 g/mol. The second-order valence-corrected chi connectivity index (χ2v) is 10.6. The molecule has 0 bridgehead atoms. The molecule has 0 N–H and O–H groups in total. The molecule has 0 radical (unpaired) electrons. The summed E-state index contributed by atoms with van der Waals surface area (Å²) in [7, 11) is 0. The minimum absolute atomic E-state index is 0.142. The van der Waals surface area contributed by atoms with Crippen LogP contribution in [-0.2, 0) is 17.9 Å². The monoisotopic (exact) mass is 506 g/mol. The summed E-state index contributed by atoms with van der Waals surface area (Å²) in [5, 5.41) is 9.82. The molecular weight excluding hydrogens is 476 g/mol. The molecule has 0 atom stereocenters. The minimum Gasteiger partial charge on any atom is -0.357 e. The summed E-state index contributed by atoms with van der Waals surface area (Å²) in [6.45, 7) is 6.48. The van der Waals surface area contributed by atoms with Crippen molar-refractivity contribution in [1.29, 1.82) is 5.26 Å². The second kappa shape index (κ2) is 11.2. The van der Waals surface area contributed by atoms with Gasteiger partial charge in [0.15, 0.2) is 0 Å². The lowest BCUT2D eigenvalue weighted by Crippen LogP contribution is -2.35. The standard InChI is InChI=1S/C27H30N4O2S2/c1-3-13-30-24(29-14-9-4-5-10-15-29)21(19(2)22(17-28)25(30)32)16-23-26(33)31(27(34)35-23)18-20-11-7-6-8-12-20/h6-8,11-12,16H,3-5,9-10,13-15,18H2,1-2H3. The number of amides is 1. The van der Waals surface area contributed by atoms with Gasteiger partial charge in [-0.3, -0.25) is 19.1 Å². The number of anilines is 1. The number of nitriles is 1. The summed E-state index contributed by atoms with van der Waals surface area (Å²) in [5.74, 6) is 0.681. The normalized spacial score (nSPS) is 17.7. The van der Waals surface area contributed by atoms with Crippen LogP contribution in [0.4, 0.5) is 5.82 Å². The lowest BCUT2D eigenvalue weighted by atomic mass is 10.0. The first-order valence-corrected chi connectivity index (χ1v) is 13.4. The van der Waals surface area contributed by atoms with E-state index in [9.17, 15) is 14.9 Å². The Bertz CT molecular complexity index is 1250. The highest BCUT2D eigenvalue weighted by molar-refractivity contribution is 8.26. The summed E-state index contributed by atoms with van der Waals surface area (Å²) in [4.78, 5) is 31.1. The van der Waals surface area contributed by atoms with Gasteiger partial charge in [-0.1, -0.05) is 74.1 Å². The molecule has 182 valence electrons. The van der Waals surface area contributed by atoms with E-state index in [4.69, 9.17) is 12.2 Å². The number of aromatic nitrogens is 1. The minimum atomic E-state index is -0.250. The Morgan fingerprint density at radius 2 is 1.80 bits per heavy atom. The number of thioether (sulfide) groups is 1. The first-order valence-electron chi connectivity index (χ1n) is 12.2. The van der Waals surface area contributed by atoms with Crippen molar-refractivity contribution in [2.75, 3.05) is 18.0 Å². The molecule has 1 aromatic carbocycles. The number of carbonyl (C=O) groups excluding carboxylic acids is 1. The van der Waals surface area contributed by atoms with Crippen LogP contribution in [0.2, 0.25) is 0 Å². The van der Waals surface area contributed by atoms with Crippen molar-refractivity contribution in [2.24, 2.45) is 0 Å². The van der Waals surface area contributed by atoms with Gasteiger partial charge in [-0.25, -0.2) is 0 Å². The van der Waals surface area contributed by atoms with Crippen molar-refractivity contribution in [3.8, 4) is 6.07 Å². The first-order chi connectivity index (χ1) is 17.0. The lowest BCUT2D eigenvalue weighted by Gasteiger charge is -2.29. The van der Waals surface area contributed by atoms with Crippen LogP contribution in [0.3, 0.4) is 0 Å². The number of hydrogen-bond donors (Lipinski definition) is 0. The van der Waals surface area contributed by atoms with Crippen molar-refractivity contribution in [3.05, 3.63) is 67.8 Å². The van der Waals surface area contributed by atoms with E-state index in [1.165, 1.54) is 11.8 Å². The number of nitrogens with zero attached hydrogens (tertiary/aromatic N) is 4. The largest absolute Gasteiger partial charge is 0.357 e. The third-order valence-electron chi connectivity index (χ3n) is 6.53. The van der Waals surface area contributed by atoms with E-state index in [0.717, 1.165) is 62.1 Å². The van der Waals surface area contributed by atoms with E-state index in [1.54, 1.807) is 9.47 Å². The molecule has 6 nitrogen and oxygen atoms in total. The van der Waals surface area contributed by atoms with Gasteiger partial charge in [0.05, 0.1) is 11.4 Å². The second-order valence-electron chi connectivity index (χ2n) is 8.96. The third kappa shape index (κ3) is 5.21. The van der Waals surface area contributed by atoms with Gasteiger partial charge in [0.1, 0.15) is 21.8 Å². The summed E-state index contributed by atoms with van der Waals surface area (Å²) in [6, 6.07) is 11.9. The number of pyridine rings is 1. The van der Waals surface area contributed by atoms with Gasteiger partial charge in [-0.05, 0) is 43.4 Å². The number of rotatable bonds is 6. The molecule has 1 aromatic heterocycles. The maximum Gasteiger partial charge on any atom is 0.270 e. The Morgan fingerprint density at radius 1 is 1.11 bits per heavy atom. The van der Waals surface area contributed by atoms with E-state index in [0.29, 0.717) is 27.9 Å². The number of benzene rings is 1. The van der Waals surface area contributed by atoms with Gasteiger partial charge in [0.25, 0.3) is 11.5 Å². The van der Waals surface area contributed by atoms with Crippen molar-refractivity contribution < 1.29 is 4.79 Å². The summed E-state index contributed by atoms with van der Waals surface area (Å²) in [6.07, 6.45) is 7.06. The molecule has 8 heteroatoms. The summed E-state index contributed by atoms with van der Waals surface area (Å²) >= 11 is 6.85. The van der Waals surface area contributed by atoms with Gasteiger partial charge in [0.2, 0.25) is 0 Å². The molecule has 1 amide bonds. The molecule has 2 saturated heterocycles. The van der Waals surface area contributed by atoms with Gasteiger partial charge in [-0.15, -0.1) is 0 Å². The quantitative estimate of drug-likeness (QED) is 0.395. The van der Waals surface area contributed by atoms with Crippen LogP contribution in [0.1, 0.15) is 61.3 Å². The molecule has 35 heavy (non-hydrogen) atoms. The molecular formula is C27H30N4O2S2. The van der Waals surface area contributed by atoms with Crippen LogP contribution < -0.4 is 10.5 Å². The molecule has 2 aliphatic rings. The highest BCUT2D eigenvalue weighted by atomic mass is 32.2. The fraction of sp³-hybridized carbons (Fsp3) is 0.407. The van der Waals surface area contributed by atoms with Crippen LogP contribution in [0.25, 0.3) is 6.08 Å². The van der Waals surface area contributed by atoms with Crippen LogP contribution in [-0.4, -0.2) is 32.8 Å². The third-order valence-corrected chi connectivity index (χ3v) is 7.91. The summed E-state index contributed by atoms with van der Waals surface area (Å²) in [5.41, 5.74) is 2.30. The molecule has 2 aromatic rings. The Hall–Kier alpha value is -2.89. The van der Waals surface area contributed by atoms with Crippen LogP contribution in [0.15, 0.2) is 40.0 Å². The van der Waals surface area contributed by atoms with Crippen molar-refractivity contribution in [1.82, 2.24) is 9.47 Å². The predicted octanol–water partition coefficient (Wildman–Crippen LogP) is 5.22. The maximum atomic E-state index is 13.4. The van der Waals surface area contributed by atoms with E-state index in [2.05, 4.69) is 11.0 Å². The number of hydrogen-bond acceptors (Lipinski definition) is 6. The predicted molar refractivity (Wildman–Crippen MR) is 146 cm³/mol. The topological polar surface area (TPSA) is 69.3 Å². The average Bonchev–Trinajstić information content (AvgIpc) is 3.03. The van der Waals surface area contributed by atoms with Crippen LogP contribution in [0.5, 0.6) is 0 Å². The molecule has 3 heterocycles. The van der Waals surface area contributed by atoms with E-state index in [1.807, 2.05) is 50.3 Å². The van der Waals surface area contributed by atoms with Gasteiger partial charge in [-0.2, -0.15) is 5.26 Å². The molecule has 0 unspecified atom stereocenters. The van der Waals surface area contributed by atoms with Crippen LogP contribution >= 0.6 is 24.0 Å². The van der Waals surface area contributed by atoms with Crippen molar-refractivity contribution in [3.63, 3.8) is 0 Å². The Balaban J connectivity index is 1.83. The molecule has 0 spiro atoms. The molecule has 0 saturated carbocycles. The van der Waals surface area contributed by atoms with Crippen LogP contribution in [0, 0.1) is 18.3 Å². The zero-order valence-electron chi connectivity index (χ0n) is 20.2. The Labute approximate surface area is 216 Å². The van der Waals surface area contributed by atoms with Gasteiger partial charge >= 0.3 is 0 Å². The summed E-state index contributed by atoms with van der Waals surface area (Å²) < 4.78 is 2.26. The van der Waals surface area contributed by atoms with E-state index in [-0.39, 0.29) is 17.0 Å². The highest BCUT2D eigenvalue weighted by Gasteiger charge is 2.33. The zero-order valence-corrected chi connectivity index (χ0v) is 21.9. The maximum absolute atomic E-state index is 13.4. The number of thiocarbonyl (C=S) groups is 1. The van der Waals surface area contributed by atoms with E-state index >= 15 is 0 Å². The first kappa shape index (κ1) is 25.2. The fourth-order valence-corrected chi connectivity index (χ4v) is 5.97. The van der Waals surface area contributed by atoms with E-state index < -0.39 is 0 Å². The molecule has 2 aliphatic heterocycles. The van der Waals surface area contributed by atoms with Crippen molar-refractivity contribution >= 4 is 46.1 Å². The molecule has 2 fully saturated rings. The van der Waals surface area contributed by atoms with Gasteiger partial charge < -0.3 is 4.90 Å². The molecule has 4 rings (SSSR count). The highest BCUT2D eigenvalue weighted by Crippen LogP contribution is 2.37. The SMILES string of the molecule is CCCn1c(N2CCCCCC2)c(C=C2SC(=S)N(Cc3ccccc3)C2=O)c(C)c(C#N)c1=O. The zero-order chi connectivity index (χ0) is 24.9.